The molecule has 0 spiro atoms. The largest absolute Gasteiger partial charge is 0.491 e. The van der Waals surface area contributed by atoms with E-state index in [0.29, 0.717) is 18.1 Å². The molecule has 2 aliphatic heterocycles. The summed E-state index contributed by atoms with van der Waals surface area (Å²) >= 11 is 0. The summed E-state index contributed by atoms with van der Waals surface area (Å²) in [5.74, 6) is 0.625. The van der Waals surface area contributed by atoms with Crippen molar-refractivity contribution in [3.8, 4) is 17.0 Å². The maximum Gasteiger partial charge on any atom is 0.335 e. The average Bonchev–Trinajstić information content (AvgIpc) is 3.24. The molecule has 202 valence electrons. The maximum absolute atomic E-state index is 12.0. The van der Waals surface area contributed by atoms with E-state index < -0.39 is 5.97 Å². The highest BCUT2D eigenvalue weighted by atomic mass is 16.5. The summed E-state index contributed by atoms with van der Waals surface area (Å²) in [6.45, 7) is 6.73. The molecule has 0 unspecified atom stereocenters. The smallest absolute Gasteiger partial charge is 0.335 e. The van der Waals surface area contributed by atoms with E-state index in [1.54, 1.807) is 6.07 Å². The van der Waals surface area contributed by atoms with Gasteiger partial charge < -0.3 is 19.7 Å². The van der Waals surface area contributed by atoms with Crippen LogP contribution < -0.4 is 10.1 Å². The van der Waals surface area contributed by atoms with Gasteiger partial charge in [0.15, 0.2) is 0 Å². The number of rotatable bonds is 5. The van der Waals surface area contributed by atoms with Crippen LogP contribution in [0.5, 0.6) is 5.75 Å². The first-order valence-corrected chi connectivity index (χ1v) is 14.6. The van der Waals surface area contributed by atoms with Crippen LogP contribution in [0.2, 0.25) is 0 Å². The first kappa shape index (κ1) is 25.4. The normalized spacial score (nSPS) is 20.8. The van der Waals surface area contributed by atoms with Crippen molar-refractivity contribution < 1.29 is 14.6 Å². The van der Waals surface area contributed by atoms with E-state index in [1.807, 2.05) is 13.1 Å². The molecule has 2 fully saturated rings. The third-order valence-electron chi connectivity index (χ3n) is 9.13. The lowest BCUT2D eigenvalue weighted by molar-refractivity contribution is 0.0697. The summed E-state index contributed by atoms with van der Waals surface area (Å²) in [5.41, 5.74) is 7.74. The number of aromatic carboxylic acids is 1. The fourth-order valence-corrected chi connectivity index (χ4v) is 7.07. The highest BCUT2D eigenvalue weighted by molar-refractivity contribution is 5.99. The van der Waals surface area contributed by atoms with Crippen molar-refractivity contribution in [1.29, 1.82) is 0 Å². The molecule has 1 saturated carbocycles. The van der Waals surface area contributed by atoms with E-state index >= 15 is 0 Å². The standard InChI is InChI=1S/C32H41N3O3/c1-21-11-12-24(18-34-15-7-4-8-16-34)31-28(21)30-29(22-9-5-3-6-10-22)26-14-13-23(32(36)37)17-27(26)35(30)19-25(33-2)20-38-31/h11-14,17,22,25,33H,3-10,15-16,18-20H2,1-2H3,(H,36,37)/t25-/m1/s1. The van der Waals surface area contributed by atoms with Gasteiger partial charge in [0.2, 0.25) is 0 Å². The Morgan fingerprint density at radius 1 is 1.05 bits per heavy atom. The third-order valence-corrected chi connectivity index (χ3v) is 9.13. The molecule has 0 amide bonds. The molecule has 2 aromatic carbocycles. The Morgan fingerprint density at radius 3 is 2.55 bits per heavy atom. The number of carboxylic acids is 1. The second kappa shape index (κ2) is 10.7. The van der Waals surface area contributed by atoms with Gasteiger partial charge in [-0.3, -0.25) is 4.90 Å². The van der Waals surface area contributed by atoms with Crippen LogP contribution in [0.3, 0.4) is 0 Å². The molecule has 2 N–H and O–H groups in total. The van der Waals surface area contributed by atoms with Gasteiger partial charge in [-0.25, -0.2) is 4.79 Å². The number of aryl methyl sites for hydroxylation is 1. The van der Waals surface area contributed by atoms with Crippen molar-refractivity contribution >= 4 is 16.9 Å². The number of likely N-dealkylation sites (tertiary alicyclic amines) is 1. The summed E-state index contributed by atoms with van der Waals surface area (Å²) in [4.78, 5) is 14.6. The quantitative estimate of drug-likeness (QED) is 0.416. The van der Waals surface area contributed by atoms with E-state index in [4.69, 9.17) is 4.74 Å². The van der Waals surface area contributed by atoms with Gasteiger partial charge in [0.25, 0.3) is 0 Å². The van der Waals surface area contributed by atoms with Crippen LogP contribution in [-0.4, -0.2) is 53.3 Å². The zero-order valence-electron chi connectivity index (χ0n) is 22.9. The van der Waals surface area contributed by atoms with Gasteiger partial charge in [0.05, 0.1) is 17.3 Å². The van der Waals surface area contributed by atoms with Gasteiger partial charge in [0.1, 0.15) is 12.4 Å². The van der Waals surface area contributed by atoms with Crippen molar-refractivity contribution in [3.63, 3.8) is 0 Å². The lowest BCUT2D eigenvalue weighted by Gasteiger charge is -2.31. The molecule has 6 heteroatoms. The summed E-state index contributed by atoms with van der Waals surface area (Å²) in [5, 5.41) is 14.5. The van der Waals surface area contributed by atoms with Gasteiger partial charge >= 0.3 is 5.97 Å². The SMILES string of the molecule is CN[C@H]1COc2c(CN3CCCCC3)ccc(C)c2-c2c(C3CCCCC3)c3ccc(C(=O)O)cc3n2C1. The monoisotopic (exact) mass is 515 g/mol. The van der Waals surface area contributed by atoms with E-state index in [9.17, 15) is 9.90 Å². The number of benzene rings is 2. The van der Waals surface area contributed by atoms with E-state index in [2.05, 4.69) is 39.9 Å². The third kappa shape index (κ3) is 4.62. The van der Waals surface area contributed by atoms with Gasteiger partial charge in [0, 0.05) is 35.1 Å². The highest BCUT2D eigenvalue weighted by Crippen LogP contribution is 2.49. The average molecular weight is 516 g/mol. The lowest BCUT2D eigenvalue weighted by atomic mass is 9.81. The van der Waals surface area contributed by atoms with Crippen LogP contribution in [0.25, 0.3) is 22.2 Å². The highest BCUT2D eigenvalue weighted by Gasteiger charge is 2.32. The molecule has 3 aromatic rings. The number of nitrogens with one attached hydrogen (secondary N) is 1. The Balaban J connectivity index is 1.62. The summed E-state index contributed by atoms with van der Waals surface area (Å²) in [7, 11) is 2.00. The zero-order valence-corrected chi connectivity index (χ0v) is 22.9. The Bertz CT molecular complexity index is 1330. The van der Waals surface area contributed by atoms with Crippen LogP contribution in [0, 0.1) is 6.92 Å². The van der Waals surface area contributed by atoms with Gasteiger partial charge in [-0.05, 0) is 81.9 Å². The Morgan fingerprint density at radius 2 is 1.82 bits per heavy atom. The Hall–Kier alpha value is -2.83. The number of likely N-dealkylation sites (N-methyl/N-ethyl adjacent to an activating group) is 1. The van der Waals surface area contributed by atoms with Crippen LogP contribution in [-0.2, 0) is 13.1 Å². The molecule has 6 rings (SSSR count). The number of nitrogens with zero attached hydrogens (tertiary/aromatic N) is 2. The molecule has 6 nitrogen and oxygen atoms in total. The predicted octanol–water partition coefficient (Wildman–Crippen LogP) is 6.33. The number of carbonyl (C=O) groups is 1. The number of hydrogen-bond acceptors (Lipinski definition) is 4. The van der Waals surface area contributed by atoms with Crippen LogP contribution in [0.4, 0.5) is 0 Å². The first-order valence-electron chi connectivity index (χ1n) is 14.6. The van der Waals surface area contributed by atoms with Crippen molar-refractivity contribution in [3.05, 3.63) is 52.6 Å². The minimum Gasteiger partial charge on any atom is -0.491 e. The second-order valence-electron chi connectivity index (χ2n) is 11.6. The number of fused-ring (bicyclic) bond motifs is 5. The summed E-state index contributed by atoms with van der Waals surface area (Å²) < 4.78 is 9.17. The second-order valence-corrected chi connectivity index (χ2v) is 11.6. The van der Waals surface area contributed by atoms with E-state index in [0.717, 1.165) is 37.4 Å². The van der Waals surface area contributed by atoms with Crippen LogP contribution >= 0.6 is 0 Å². The number of carboxylic acid groups (broad SMARTS) is 1. The molecule has 1 saturated heterocycles. The molecule has 1 aromatic heterocycles. The van der Waals surface area contributed by atoms with Crippen molar-refractivity contribution in [2.24, 2.45) is 0 Å². The van der Waals surface area contributed by atoms with E-state index in [-0.39, 0.29) is 6.04 Å². The number of ether oxygens (including phenoxy) is 1. The van der Waals surface area contributed by atoms with Crippen molar-refractivity contribution in [2.45, 2.75) is 83.3 Å². The number of piperidine rings is 1. The van der Waals surface area contributed by atoms with Gasteiger partial charge in [-0.15, -0.1) is 0 Å². The molecule has 1 atom stereocenters. The minimum atomic E-state index is -0.874. The Labute approximate surface area is 226 Å². The topological polar surface area (TPSA) is 66.7 Å². The maximum atomic E-state index is 12.0. The zero-order chi connectivity index (χ0) is 26.2. The molecular formula is C32H41N3O3. The van der Waals surface area contributed by atoms with Gasteiger partial charge in [-0.1, -0.05) is 43.9 Å². The molecule has 38 heavy (non-hydrogen) atoms. The van der Waals surface area contributed by atoms with Crippen LogP contribution in [0.15, 0.2) is 30.3 Å². The fourth-order valence-electron chi connectivity index (χ4n) is 7.07. The molecular weight excluding hydrogens is 474 g/mol. The lowest BCUT2D eigenvalue weighted by Crippen LogP contribution is -2.37. The molecule has 0 radical (unpaired) electrons. The van der Waals surface area contributed by atoms with Crippen molar-refractivity contribution in [2.75, 3.05) is 26.7 Å². The van der Waals surface area contributed by atoms with Crippen molar-refractivity contribution in [1.82, 2.24) is 14.8 Å². The summed E-state index contributed by atoms with van der Waals surface area (Å²) in [6, 6.07) is 10.4. The predicted molar refractivity (Wildman–Crippen MR) is 152 cm³/mol. The molecule has 0 bridgehead atoms. The Kier molecular flexibility index (Phi) is 7.19. The summed E-state index contributed by atoms with van der Waals surface area (Å²) in [6.07, 6.45) is 10.0. The van der Waals surface area contributed by atoms with Gasteiger partial charge in [-0.2, -0.15) is 0 Å². The molecule has 3 aliphatic rings. The van der Waals surface area contributed by atoms with Crippen LogP contribution in [0.1, 0.15) is 84.3 Å². The number of aromatic nitrogens is 1. The minimum absolute atomic E-state index is 0.119. The van der Waals surface area contributed by atoms with E-state index in [1.165, 1.54) is 84.7 Å². The fraction of sp³-hybridized carbons (Fsp3) is 0.531. The molecule has 1 aliphatic carbocycles. The first-order chi connectivity index (χ1) is 18.5. The number of hydrogen-bond donors (Lipinski definition) is 2. The molecule has 3 heterocycles.